The van der Waals surface area contributed by atoms with E-state index in [9.17, 15) is 23.1 Å². The Morgan fingerprint density at radius 2 is 1.69 bits per heavy atom. The molecule has 0 bridgehead atoms. The summed E-state index contributed by atoms with van der Waals surface area (Å²) >= 11 is 1.53. The lowest BCUT2D eigenvalue weighted by Gasteiger charge is -2.20. The maximum atomic E-state index is 13.2. The number of nitrogens with one attached hydrogen (secondary N) is 1. The third kappa shape index (κ3) is 12.3. The number of thioether (sulfide) groups is 1. The van der Waals surface area contributed by atoms with Gasteiger partial charge >= 0.3 is 5.97 Å². The van der Waals surface area contributed by atoms with Gasteiger partial charge in [-0.1, -0.05) is 74.5 Å². The maximum absolute atomic E-state index is 13.2. The Labute approximate surface area is 273 Å². The summed E-state index contributed by atoms with van der Waals surface area (Å²) in [4.78, 5) is 26.9. The minimum Gasteiger partial charge on any atom is -0.480 e. The summed E-state index contributed by atoms with van der Waals surface area (Å²) in [5.41, 5.74) is 5.26. The summed E-state index contributed by atoms with van der Waals surface area (Å²) in [6, 6.07) is 22.5. The van der Waals surface area contributed by atoms with E-state index in [1.165, 1.54) is 23.6 Å². The number of carboxylic acid groups (broad SMARTS) is 1. The van der Waals surface area contributed by atoms with Crippen LogP contribution in [-0.4, -0.2) is 80.1 Å². The fraction of sp³-hybridized carbons (Fsp3) is 0.429. The molecule has 246 valence electrons. The van der Waals surface area contributed by atoms with Crippen LogP contribution in [-0.2, 0) is 32.5 Å². The van der Waals surface area contributed by atoms with Crippen LogP contribution in [0, 0.1) is 6.92 Å². The third-order valence-corrected chi connectivity index (χ3v) is 9.61. The molecule has 0 saturated carbocycles. The van der Waals surface area contributed by atoms with Gasteiger partial charge in [0.05, 0.1) is 11.9 Å². The van der Waals surface area contributed by atoms with Gasteiger partial charge < -0.3 is 15.2 Å². The molecular formula is C35H48N2O6S2. The number of likely N-dealkylation sites (tertiary alicyclic amines) is 1. The van der Waals surface area contributed by atoms with Crippen molar-refractivity contribution in [3.05, 3.63) is 95.1 Å². The van der Waals surface area contributed by atoms with Crippen molar-refractivity contribution in [1.29, 1.82) is 0 Å². The normalized spacial score (nSPS) is 15.2. The molecule has 2 atom stereocenters. The Kier molecular flexibility index (Phi) is 16.4. The molecule has 1 fully saturated rings. The van der Waals surface area contributed by atoms with Gasteiger partial charge in [0, 0.05) is 32.0 Å². The van der Waals surface area contributed by atoms with Gasteiger partial charge in [0.15, 0.2) is 9.84 Å². The molecule has 0 aromatic heterocycles. The first-order valence-electron chi connectivity index (χ1n) is 15.2. The van der Waals surface area contributed by atoms with E-state index in [0.29, 0.717) is 50.4 Å². The number of amides is 1. The molecule has 0 aliphatic carbocycles. The molecular weight excluding hydrogens is 609 g/mol. The van der Waals surface area contributed by atoms with Crippen LogP contribution in [0.2, 0.25) is 0 Å². The number of carbonyl (C=O) groups is 2. The van der Waals surface area contributed by atoms with Crippen LogP contribution >= 0.6 is 11.8 Å². The van der Waals surface area contributed by atoms with Crippen LogP contribution in [0.4, 0.5) is 0 Å². The lowest BCUT2D eigenvalue weighted by Crippen LogP contribution is -2.41. The Morgan fingerprint density at radius 3 is 2.27 bits per heavy atom. The van der Waals surface area contributed by atoms with Gasteiger partial charge in [-0.3, -0.25) is 9.69 Å². The minimum absolute atomic E-state index is 0.344. The highest BCUT2D eigenvalue weighted by Gasteiger charge is 2.30. The average Bonchev–Trinajstić information content (AvgIpc) is 3.51. The maximum Gasteiger partial charge on any atom is 0.326 e. The van der Waals surface area contributed by atoms with Crippen LogP contribution in [0.1, 0.15) is 53.7 Å². The Balaban J connectivity index is 0.000000544. The number of hydrogen-bond acceptors (Lipinski definition) is 7. The van der Waals surface area contributed by atoms with Crippen molar-refractivity contribution in [1.82, 2.24) is 10.2 Å². The second-order valence-corrected chi connectivity index (χ2v) is 14.0. The number of sulfone groups is 1. The zero-order chi connectivity index (χ0) is 33.4. The molecule has 2 unspecified atom stereocenters. The third-order valence-electron chi connectivity index (χ3n) is 7.37. The Hall–Kier alpha value is -3.18. The monoisotopic (exact) mass is 656 g/mol. The zero-order valence-corrected chi connectivity index (χ0v) is 28.9. The lowest BCUT2D eigenvalue weighted by molar-refractivity contribution is -0.139. The van der Waals surface area contributed by atoms with E-state index in [2.05, 4.69) is 10.2 Å². The Bertz CT molecular complexity index is 1460. The van der Waals surface area contributed by atoms with Gasteiger partial charge in [0.1, 0.15) is 6.04 Å². The summed E-state index contributed by atoms with van der Waals surface area (Å²) in [7, 11) is -1.37. The first kappa shape index (κ1) is 38.0. The first-order valence-corrected chi connectivity index (χ1v) is 18.5. The number of carboxylic acids is 1. The van der Waals surface area contributed by atoms with E-state index in [1.807, 2.05) is 93.8 Å². The lowest BCUT2D eigenvalue weighted by atomic mass is 9.93. The Morgan fingerprint density at radius 1 is 1.02 bits per heavy atom. The van der Waals surface area contributed by atoms with Crippen molar-refractivity contribution in [2.45, 2.75) is 58.1 Å². The molecule has 0 radical (unpaired) electrons. The SMILES string of the molecule is CC.COCc1ccccc1.CSCCC(NC(=O)c1ccc(CN2CCC(S(C)(=O)=O)C2)cc1-c1ccccc1C)C(=O)O. The number of benzene rings is 3. The molecule has 1 aliphatic rings. The van der Waals surface area contributed by atoms with Crippen molar-refractivity contribution in [3.8, 4) is 11.1 Å². The van der Waals surface area contributed by atoms with E-state index < -0.39 is 27.8 Å². The molecule has 0 spiro atoms. The topological polar surface area (TPSA) is 113 Å². The van der Waals surface area contributed by atoms with Crippen molar-refractivity contribution in [2.24, 2.45) is 0 Å². The predicted octanol–water partition coefficient (Wildman–Crippen LogP) is 6.08. The molecule has 3 aromatic rings. The van der Waals surface area contributed by atoms with Crippen molar-refractivity contribution in [2.75, 3.05) is 38.5 Å². The molecule has 8 nitrogen and oxygen atoms in total. The number of nitrogens with zero attached hydrogens (tertiary/aromatic N) is 1. The number of aliphatic carboxylic acids is 1. The van der Waals surface area contributed by atoms with Gasteiger partial charge in [-0.15, -0.1) is 0 Å². The summed E-state index contributed by atoms with van der Waals surface area (Å²) in [5.74, 6) is -0.840. The van der Waals surface area contributed by atoms with Gasteiger partial charge in [-0.25, -0.2) is 13.2 Å². The highest BCUT2D eigenvalue weighted by atomic mass is 32.2. The molecule has 2 N–H and O–H groups in total. The summed E-state index contributed by atoms with van der Waals surface area (Å²) in [5, 5.41) is 11.9. The van der Waals surface area contributed by atoms with Crippen LogP contribution in [0.25, 0.3) is 11.1 Å². The van der Waals surface area contributed by atoms with Crippen molar-refractivity contribution in [3.63, 3.8) is 0 Å². The van der Waals surface area contributed by atoms with Crippen LogP contribution in [0.3, 0.4) is 0 Å². The highest BCUT2D eigenvalue weighted by molar-refractivity contribution is 7.98. The molecule has 1 aliphatic heterocycles. The number of aryl methyl sites for hydroxylation is 1. The van der Waals surface area contributed by atoms with Gasteiger partial charge in [0.25, 0.3) is 5.91 Å². The van der Waals surface area contributed by atoms with E-state index in [0.717, 1.165) is 22.3 Å². The van der Waals surface area contributed by atoms with Crippen LogP contribution in [0.15, 0.2) is 72.8 Å². The van der Waals surface area contributed by atoms with Crippen molar-refractivity contribution >= 4 is 33.5 Å². The molecule has 1 heterocycles. The standard InChI is InChI=1S/C25H32N2O5S2.C8H10O.C2H6/c1-17-6-4-5-7-20(17)22-14-18(15-27-12-10-19(16-27)34(3,31)32)8-9-21(22)24(28)26-23(25(29)30)11-13-33-2;1-9-7-8-5-3-2-4-6-8;1-2/h4-9,14,19,23H,10-13,15-16H2,1-3H3,(H,26,28)(H,29,30);2-6H,7H2,1H3;1-2H3. The predicted molar refractivity (Wildman–Crippen MR) is 186 cm³/mol. The fourth-order valence-corrected chi connectivity index (χ4v) is 6.49. The second-order valence-electron chi connectivity index (χ2n) is 10.7. The molecule has 1 saturated heterocycles. The second kappa shape index (κ2) is 19.4. The smallest absolute Gasteiger partial charge is 0.326 e. The average molecular weight is 657 g/mol. The highest BCUT2D eigenvalue weighted by Crippen LogP contribution is 2.29. The van der Waals surface area contributed by atoms with Crippen LogP contribution in [0.5, 0.6) is 0 Å². The zero-order valence-electron chi connectivity index (χ0n) is 27.3. The molecule has 3 aromatic carbocycles. The molecule has 45 heavy (non-hydrogen) atoms. The number of carbonyl (C=O) groups excluding carboxylic acids is 1. The number of methoxy groups -OCH3 is 1. The molecule has 1 amide bonds. The van der Waals surface area contributed by atoms with E-state index >= 15 is 0 Å². The fourth-order valence-electron chi connectivity index (χ4n) is 5.00. The molecule has 4 rings (SSSR count). The summed E-state index contributed by atoms with van der Waals surface area (Å²) < 4.78 is 28.8. The van der Waals surface area contributed by atoms with Gasteiger partial charge in [-0.05, 0) is 78.3 Å². The quantitative estimate of drug-likeness (QED) is 0.241. The van der Waals surface area contributed by atoms with E-state index in [1.54, 1.807) is 13.2 Å². The largest absolute Gasteiger partial charge is 0.480 e. The van der Waals surface area contributed by atoms with Crippen LogP contribution < -0.4 is 5.32 Å². The summed E-state index contributed by atoms with van der Waals surface area (Å²) in [6.07, 6.45) is 4.15. The summed E-state index contributed by atoms with van der Waals surface area (Å²) in [6.45, 7) is 8.46. The van der Waals surface area contributed by atoms with Gasteiger partial charge in [0.2, 0.25) is 0 Å². The minimum atomic E-state index is -3.07. The number of hydrogen-bond donors (Lipinski definition) is 2. The van der Waals surface area contributed by atoms with Gasteiger partial charge in [-0.2, -0.15) is 11.8 Å². The number of ether oxygens (including phenoxy) is 1. The first-order chi connectivity index (χ1) is 21.5. The van der Waals surface area contributed by atoms with E-state index in [4.69, 9.17) is 4.74 Å². The van der Waals surface area contributed by atoms with E-state index in [-0.39, 0.29) is 5.25 Å². The van der Waals surface area contributed by atoms with Crippen molar-refractivity contribution < 1.29 is 27.9 Å². The number of rotatable bonds is 12. The molecule has 10 heteroatoms.